The van der Waals surface area contributed by atoms with Crippen molar-refractivity contribution in [2.24, 2.45) is 17.8 Å². The Hall–Kier alpha value is -2.63. The fourth-order valence-corrected chi connectivity index (χ4v) is 6.51. The second-order valence-electron chi connectivity index (χ2n) is 9.67. The van der Waals surface area contributed by atoms with Gasteiger partial charge in [0.25, 0.3) is 5.91 Å². The van der Waals surface area contributed by atoms with E-state index < -0.39 is 5.97 Å². The van der Waals surface area contributed by atoms with Crippen molar-refractivity contribution in [3.05, 3.63) is 59.8 Å². The van der Waals surface area contributed by atoms with E-state index >= 15 is 0 Å². The quantitative estimate of drug-likeness (QED) is 0.613. The second kappa shape index (κ2) is 8.13. The Morgan fingerprint density at radius 2 is 1.68 bits per heavy atom. The maximum Gasteiger partial charge on any atom is 0.310 e. The van der Waals surface area contributed by atoms with Gasteiger partial charge in [0, 0.05) is 5.54 Å². The molecule has 1 aromatic carbocycles. The van der Waals surface area contributed by atoms with Crippen LogP contribution in [0.1, 0.15) is 49.8 Å². The number of furan rings is 1. The fourth-order valence-electron chi connectivity index (χ4n) is 6.51. The SMILES string of the molecule is O=C(Cc1ccc(F)cc1)OCC(=O)N(Cc1ccco1)C12CC3CC(CC(C3)C1)C2. The molecule has 6 heteroatoms. The maximum absolute atomic E-state index is 13.3. The molecule has 0 N–H and O–H groups in total. The summed E-state index contributed by atoms with van der Waals surface area (Å²) in [6.07, 6.45) is 8.61. The molecule has 4 fully saturated rings. The van der Waals surface area contributed by atoms with Gasteiger partial charge >= 0.3 is 5.97 Å². The molecule has 4 bridgehead atoms. The summed E-state index contributed by atoms with van der Waals surface area (Å²) in [5.41, 5.74) is 0.509. The monoisotopic (exact) mass is 425 g/mol. The third kappa shape index (κ3) is 4.25. The van der Waals surface area contributed by atoms with Gasteiger partial charge in [-0.25, -0.2) is 4.39 Å². The minimum atomic E-state index is -0.483. The number of hydrogen-bond acceptors (Lipinski definition) is 4. The van der Waals surface area contributed by atoms with E-state index in [0.29, 0.717) is 29.9 Å². The second-order valence-corrected chi connectivity index (χ2v) is 9.67. The predicted molar refractivity (Wildman–Crippen MR) is 111 cm³/mol. The van der Waals surface area contributed by atoms with E-state index in [1.165, 1.54) is 31.4 Å². The van der Waals surface area contributed by atoms with E-state index in [0.717, 1.165) is 25.0 Å². The molecule has 4 aliphatic rings. The smallest absolute Gasteiger partial charge is 0.310 e. The third-order valence-electron chi connectivity index (χ3n) is 7.39. The topological polar surface area (TPSA) is 59.8 Å². The van der Waals surface area contributed by atoms with Crippen LogP contribution in [0.5, 0.6) is 0 Å². The molecule has 6 rings (SSSR count). The number of halogens is 1. The summed E-state index contributed by atoms with van der Waals surface area (Å²) in [6, 6.07) is 9.45. The zero-order chi connectivity index (χ0) is 21.4. The molecule has 4 aliphatic carbocycles. The number of amides is 1. The Morgan fingerprint density at radius 1 is 1.03 bits per heavy atom. The van der Waals surface area contributed by atoms with E-state index in [2.05, 4.69) is 0 Å². The van der Waals surface area contributed by atoms with Crippen molar-refractivity contribution in [1.29, 1.82) is 0 Å². The first-order chi connectivity index (χ1) is 15.0. The first-order valence-corrected chi connectivity index (χ1v) is 11.2. The highest BCUT2D eigenvalue weighted by molar-refractivity contribution is 5.82. The van der Waals surface area contributed by atoms with E-state index in [9.17, 15) is 14.0 Å². The average molecular weight is 426 g/mol. The summed E-state index contributed by atoms with van der Waals surface area (Å²) in [4.78, 5) is 27.6. The van der Waals surface area contributed by atoms with Crippen LogP contribution in [0, 0.1) is 23.6 Å². The predicted octanol–water partition coefficient (Wildman–Crippen LogP) is 4.50. The fraction of sp³-hybridized carbons (Fsp3) is 0.520. The number of nitrogens with zero attached hydrogens (tertiary/aromatic N) is 1. The number of ether oxygens (including phenoxy) is 1. The highest BCUT2D eigenvalue weighted by Crippen LogP contribution is 2.58. The summed E-state index contributed by atoms with van der Waals surface area (Å²) < 4.78 is 24.0. The minimum absolute atomic E-state index is 0.0170. The Balaban J connectivity index is 1.28. The number of benzene rings is 1. The van der Waals surface area contributed by atoms with Crippen LogP contribution in [0.4, 0.5) is 4.39 Å². The normalized spacial score (nSPS) is 28.5. The van der Waals surface area contributed by atoms with Crippen molar-refractivity contribution in [3.63, 3.8) is 0 Å². The van der Waals surface area contributed by atoms with Gasteiger partial charge in [-0.05, 0) is 86.1 Å². The molecule has 1 aromatic heterocycles. The number of esters is 1. The van der Waals surface area contributed by atoms with Crippen LogP contribution < -0.4 is 0 Å². The van der Waals surface area contributed by atoms with Gasteiger partial charge in [-0.1, -0.05) is 12.1 Å². The molecular formula is C25H28FNO4. The average Bonchev–Trinajstić information content (AvgIpc) is 3.24. The molecule has 1 amide bonds. The number of carbonyl (C=O) groups is 2. The van der Waals surface area contributed by atoms with Gasteiger partial charge in [-0.3, -0.25) is 9.59 Å². The van der Waals surface area contributed by atoms with Crippen LogP contribution in [0.2, 0.25) is 0 Å². The van der Waals surface area contributed by atoms with Crippen LogP contribution in [0.25, 0.3) is 0 Å². The Labute approximate surface area is 181 Å². The van der Waals surface area contributed by atoms with Gasteiger partial charge in [0.15, 0.2) is 6.61 Å². The van der Waals surface area contributed by atoms with E-state index in [-0.39, 0.29) is 30.3 Å². The molecule has 0 saturated heterocycles. The molecule has 0 unspecified atom stereocenters. The van der Waals surface area contributed by atoms with Crippen molar-refractivity contribution in [2.75, 3.05) is 6.61 Å². The summed E-state index contributed by atoms with van der Waals surface area (Å²) >= 11 is 0. The first kappa shape index (κ1) is 20.3. The molecular weight excluding hydrogens is 397 g/mol. The van der Waals surface area contributed by atoms with E-state index in [1.54, 1.807) is 18.4 Å². The van der Waals surface area contributed by atoms with Crippen LogP contribution in [0.3, 0.4) is 0 Å². The van der Waals surface area contributed by atoms with Crippen LogP contribution in [-0.2, 0) is 27.3 Å². The first-order valence-electron chi connectivity index (χ1n) is 11.2. The van der Waals surface area contributed by atoms with Crippen molar-refractivity contribution in [2.45, 2.75) is 57.0 Å². The molecule has 0 atom stereocenters. The van der Waals surface area contributed by atoms with Gasteiger partial charge in [0.2, 0.25) is 0 Å². The molecule has 164 valence electrons. The lowest BCUT2D eigenvalue weighted by Gasteiger charge is -2.60. The summed E-state index contributed by atoms with van der Waals surface area (Å²) in [5.74, 6) is 1.84. The highest BCUT2D eigenvalue weighted by atomic mass is 19.1. The zero-order valence-corrected chi connectivity index (χ0v) is 17.6. The molecule has 5 nitrogen and oxygen atoms in total. The van der Waals surface area contributed by atoms with Crippen molar-refractivity contribution in [1.82, 2.24) is 4.90 Å². The van der Waals surface area contributed by atoms with Gasteiger partial charge in [0.05, 0.1) is 19.2 Å². The Bertz CT molecular complexity index is 902. The molecule has 0 spiro atoms. The van der Waals surface area contributed by atoms with Gasteiger partial charge in [-0.2, -0.15) is 0 Å². The lowest BCUT2D eigenvalue weighted by molar-refractivity contribution is -0.163. The van der Waals surface area contributed by atoms with Gasteiger partial charge in [0.1, 0.15) is 11.6 Å². The number of hydrogen-bond donors (Lipinski definition) is 0. The van der Waals surface area contributed by atoms with Crippen molar-refractivity contribution < 1.29 is 23.1 Å². The molecule has 0 radical (unpaired) electrons. The van der Waals surface area contributed by atoms with Crippen molar-refractivity contribution >= 4 is 11.9 Å². The van der Waals surface area contributed by atoms with E-state index in [4.69, 9.17) is 9.15 Å². The molecule has 1 heterocycles. The maximum atomic E-state index is 13.3. The molecule has 2 aromatic rings. The van der Waals surface area contributed by atoms with E-state index in [1.807, 2.05) is 17.0 Å². The molecule has 31 heavy (non-hydrogen) atoms. The number of rotatable bonds is 7. The molecule has 4 saturated carbocycles. The lowest BCUT2D eigenvalue weighted by atomic mass is 9.52. The van der Waals surface area contributed by atoms with Crippen molar-refractivity contribution in [3.8, 4) is 0 Å². The van der Waals surface area contributed by atoms with Crippen LogP contribution >= 0.6 is 0 Å². The van der Waals surface area contributed by atoms with Crippen LogP contribution in [0.15, 0.2) is 47.1 Å². The van der Waals surface area contributed by atoms with Gasteiger partial charge in [-0.15, -0.1) is 0 Å². The highest BCUT2D eigenvalue weighted by Gasteiger charge is 2.54. The van der Waals surface area contributed by atoms with Crippen LogP contribution in [-0.4, -0.2) is 28.9 Å². The summed E-state index contributed by atoms with van der Waals surface area (Å²) in [5, 5.41) is 0. The lowest BCUT2D eigenvalue weighted by Crippen LogP contribution is -2.61. The summed E-state index contributed by atoms with van der Waals surface area (Å²) in [7, 11) is 0. The zero-order valence-electron chi connectivity index (χ0n) is 17.6. The minimum Gasteiger partial charge on any atom is -0.467 e. The molecule has 0 aliphatic heterocycles. The van der Waals surface area contributed by atoms with Gasteiger partial charge < -0.3 is 14.1 Å². The Morgan fingerprint density at radius 3 is 2.26 bits per heavy atom. The third-order valence-corrected chi connectivity index (χ3v) is 7.39. The standard InChI is InChI=1S/C25H28FNO4/c26-21-5-3-17(4-6-21)11-24(29)31-16-23(28)27(15-22-2-1-7-30-22)25-12-18-8-19(13-25)10-20(9-18)14-25/h1-7,18-20H,8-16H2. The number of carbonyl (C=O) groups excluding carboxylic acids is 2. The summed E-state index contributed by atoms with van der Waals surface area (Å²) in [6.45, 7) is 0.135. The Kier molecular flexibility index (Phi) is 5.32. The largest absolute Gasteiger partial charge is 0.467 e.